The lowest BCUT2D eigenvalue weighted by Crippen LogP contribution is -2.31. The van der Waals surface area contributed by atoms with Crippen molar-refractivity contribution in [3.63, 3.8) is 0 Å². The lowest BCUT2D eigenvalue weighted by atomic mass is 10.3. The topological polar surface area (TPSA) is 85.6 Å². The van der Waals surface area contributed by atoms with Gasteiger partial charge in [0, 0.05) is 24.1 Å². The van der Waals surface area contributed by atoms with Crippen molar-refractivity contribution in [1.29, 1.82) is 0 Å². The molecule has 2 heterocycles. The zero-order valence-electron chi connectivity index (χ0n) is 12.6. The Kier molecular flexibility index (Phi) is 4.61. The zero-order valence-corrected chi connectivity index (χ0v) is 13.3. The van der Waals surface area contributed by atoms with Gasteiger partial charge in [0.1, 0.15) is 23.7 Å². The van der Waals surface area contributed by atoms with Crippen LogP contribution in [0.3, 0.4) is 0 Å². The Morgan fingerprint density at radius 1 is 1.38 bits per heavy atom. The molecule has 1 aromatic heterocycles. The average Bonchev–Trinajstić information content (AvgIpc) is 3.02. The molecule has 0 spiro atoms. The minimum Gasteiger partial charge on any atom is -0.488 e. The normalized spacial score (nSPS) is 16.9. The van der Waals surface area contributed by atoms with Crippen LogP contribution in [0.2, 0.25) is 5.02 Å². The van der Waals surface area contributed by atoms with E-state index in [-0.39, 0.29) is 23.4 Å². The molecule has 2 aromatic rings. The van der Waals surface area contributed by atoms with Gasteiger partial charge in [0.25, 0.3) is 11.6 Å². The molecule has 8 heteroatoms. The molecule has 0 N–H and O–H groups in total. The van der Waals surface area contributed by atoms with E-state index in [9.17, 15) is 14.9 Å². The molecule has 1 amide bonds. The maximum Gasteiger partial charge on any atom is 0.287 e. The lowest BCUT2D eigenvalue weighted by Gasteiger charge is -2.17. The van der Waals surface area contributed by atoms with Crippen LogP contribution in [0.4, 0.5) is 5.69 Å². The van der Waals surface area contributed by atoms with Crippen molar-refractivity contribution in [2.24, 2.45) is 0 Å². The number of benzene rings is 1. The fourth-order valence-corrected chi connectivity index (χ4v) is 2.70. The van der Waals surface area contributed by atoms with Crippen molar-refractivity contribution in [3.05, 3.63) is 63.4 Å². The average molecular weight is 348 g/mol. The Hall–Kier alpha value is -2.67. The number of carbonyl (C=O) groups is 1. The zero-order chi connectivity index (χ0) is 17.1. The van der Waals surface area contributed by atoms with Crippen molar-refractivity contribution < 1.29 is 14.5 Å². The number of likely N-dealkylation sites (tertiary alicyclic amines) is 1. The minimum atomic E-state index is -0.550. The Balaban J connectivity index is 1.62. The number of rotatable bonds is 4. The predicted molar refractivity (Wildman–Crippen MR) is 87.3 cm³/mol. The molecule has 1 aliphatic heterocycles. The van der Waals surface area contributed by atoms with Crippen molar-refractivity contribution >= 4 is 23.2 Å². The molecule has 24 heavy (non-hydrogen) atoms. The SMILES string of the molecule is O=C(c1ccc([N+](=O)[O-])cn1)N1CCC(Oc2cccc(Cl)c2)C1. The Labute approximate surface area is 143 Å². The second-order valence-electron chi connectivity index (χ2n) is 5.40. The molecule has 1 unspecified atom stereocenters. The highest BCUT2D eigenvalue weighted by molar-refractivity contribution is 6.30. The summed E-state index contributed by atoms with van der Waals surface area (Å²) in [4.78, 5) is 28.0. The highest BCUT2D eigenvalue weighted by Gasteiger charge is 2.29. The molecule has 1 aromatic carbocycles. The fourth-order valence-electron chi connectivity index (χ4n) is 2.52. The van der Waals surface area contributed by atoms with E-state index >= 15 is 0 Å². The molecule has 1 atom stereocenters. The number of hydrogen-bond acceptors (Lipinski definition) is 5. The molecule has 7 nitrogen and oxygen atoms in total. The molecular formula is C16H14ClN3O4. The summed E-state index contributed by atoms with van der Waals surface area (Å²) in [5, 5.41) is 11.2. The number of hydrogen-bond donors (Lipinski definition) is 0. The van der Waals surface area contributed by atoms with E-state index in [0.29, 0.717) is 30.3 Å². The van der Waals surface area contributed by atoms with Crippen LogP contribution in [-0.4, -0.2) is 39.9 Å². The predicted octanol–water partition coefficient (Wildman–Crippen LogP) is 2.94. The number of nitro groups is 1. The minimum absolute atomic E-state index is 0.120. The van der Waals surface area contributed by atoms with Gasteiger partial charge in [0.2, 0.25) is 0 Å². The molecule has 0 radical (unpaired) electrons. The van der Waals surface area contributed by atoms with E-state index in [0.717, 1.165) is 6.20 Å². The number of ether oxygens (including phenoxy) is 1. The molecular weight excluding hydrogens is 334 g/mol. The van der Waals surface area contributed by atoms with Gasteiger partial charge in [-0.25, -0.2) is 4.98 Å². The summed E-state index contributed by atoms with van der Waals surface area (Å²) in [6.45, 7) is 0.979. The van der Waals surface area contributed by atoms with Crippen LogP contribution in [0.5, 0.6) is 5.75 Å². The standard InChI is InChI=1S/C16H14ClN3O4/c17-11-2-1-3-13(8-11)24-14-6-7-19(10-14)16(21)15-5-4-12(9-18-15)20(22)23/h1-5,8-9,14H,6-7,10H2. The number of pyridine rings is 1. The summed E-state index contributed by atoms with van der Waals surface area (Å²) in [6, 6.07) is 9.75. The highest BCUT2D eigenvalue weighted by atomic mass is 35.5. The van der Waals surface area contributed by atoms with E-state index < -0.39 is 4.92 Å². The van der Waals surface area contributed by atoms with Crippen LogP contribution >= 0.6 is 11.6 Å². The summed E-state index contributed by atoms with van der Waals surface area (Å²) in [5.41, 5.74) is 0.0409. The van der Waals surface area contributed by atoms with Crippen LogP contribution in [-0.2, 0) is 0 Å². The maximum absolute atomic E-state index is 12.4. The van der Waals surface area contributed by atoms with Crippen LogP contribution < -0.4 is 4.74 Å². The van der Waals surface area contributed by atoms with E-state index in [1.165, 1.54) is 12.1 Å². The van der Waals surface area contributed by atoms with E-state index in [4.69, 9.17) is 16.3 Å². The quantitative estimate of drug-likeness (QED) is 0.627. The smallest absolute Gasteiger partial charge is 0.287 e. The van der Waals surface area contributed by atoms with Gasteiger partial charge >= 0.3 is 0 Å². The van der Waals surface area contributed by atoms with Crippen molar-refractivity contribution in [1.82, 2.24) is 9.88 Å². The summed E-state index contributed by atoms with van der Waals surface area (Å²) in [7, 11) is 0. The molecule has 0 aliphatic carbocycles. The van der Waals surface area contributed by atoms with Crippen molar-refractivity contribution in [3.8, 4) is 5.75 Å². The molecule has 0 saturated carbocycles. The molecule has 1 saturated heterocycles. The van der Waals surface area contributed by atoms with Gasteiger partial charge in [-0.15, -0.1) is 0 Å². The largest absolute Gasteiger partial charge is 0.488 e. The number of carbonyl (C=O) groups excluding carboxylic acids is 1. The van der Waals surface area contributed by atoms with E-state index in [2.05, 4.69) is 4.98 Å². The van der Waals surface area contributed by atoms with Crippen molar-refractivity contribution in [2.45, 2.75) is 12.5 Å². The summed E-state index contributed by atoms with van der Waals surface area (Å²) >= 11 is 5.92. The molecule has 124 valence electrons. The first-order chi connectivity index (χ1) is 11.5. The first-order valence-corrected chi connectivity index (χ1v) is 7.72. The summed E-state index contributed by atoms with van der Waals surface area (Å²) < 4.78 is 5.83. The van der Waals surface area contributed by atoms with Crippen LogP contribution in [0, 0.1) is 10.1 Å². The number of halogens is 1. The van der Waals surface area contributed by atoms with Gasteiger partial charge in [-0.1, -0.05) is 17.7 Å². The van der Waals surface area contributed by atoms with Crippen LogP contribution in [0.25, 0.3) is 0 Å². The van der Waals surface area contributed by atoms with Gasteiger partial charge in [0.05, 0.1) is 11.5 Å². The van der Waals surface area contributed by atoms with Gasteiger partial charge in [0.15, 0.2) is 0 Å². The second kappa shape index (κ2) is 6.84. The van der Waals surface area contributed by atoms with E-state index in [1.807, 2.05) is 6.07 Å². The molecule has 1 fully saturated rings. The maximum atomic E-state index is 12.4. The van der Waals surface area contributed by atoms with E-state index in [1.54, 1.807) is 23.1 Å². The third kappa shape index (κ3) is 3.62. The fraction of sp³-hybridized carbons (Fsp3) is 0.250. The summed E-state index contributed by atoms with van der Waals surface area (Å²) in [5.74, 6) is 0.400. The number of aromatic nitrogens is 1. The Morgan fingerprint density at radius 3 is 2.88 bits per heavy atom. The molecule has 3 rings (SSSR count). The molecule has 1 aliphatic rings. The third-order valence-electron chi connectivity index (χ3n) is 3.71. The van der Waals surface area contributed by atoms with Gasteiger partial charge in [-0.3, -0.25) is 14.9 Å². The lowest BCUT2D eigenvalue weighted by molar-refractivity contribution is -0.385. The number of nitrogens with zero attached hydrogens (tertiary/aromatic N) is 3. The molecule has 0 bridgehead atoms. The van der Waals surface area contributed by atoms with Gasteiger partial charge in [-0.05, 0) is 24.3 Å². The third-order valence-corrected chi connectivity index (χ3v) is 3.94. The Morgan fingerprint density at radius 2 is 2.21 bits per heavy atom. The number of amides is 1. The van der Waals surface area contributed by atoms with Crippen LogP contribution in [0.1, 0.15) is 16.9 Å². The van der Waals surface area contributed by atoms with Gasteiger partial charge < -0.3 is 9.64 Å². The second-order valence-corrected chi connectivity index (χ2v) is 5.83. The van der Waals surface area contributed by atoms with Gasteiger partial charge in [-0.2, -0.15) is 0 Å². The summed E-state index contributed by atoms with van der Waals surface area (Å²) in [6.07, 6.45) is 1.67. The first-order valence-electron chi connectivity index (χ1n) is 7.35. The Bertz CT molecular complexity index is 766. The highest BCUT2D eigenvalue weighted by Crippen LogP contribution is 2.22. The monoisotopic (exact) mass is 347 g/mol. The first kappa shape index (κ1) is 16.2. The van der Waals surface area contributed by atoms with Crippen molar-refractivity contribution in [2.75, 3.05) is 13.1 Å². The van der Waals surface area contributed by atoms with Crippen LogP contribution in [0.15, 0.2) is 42.6 Å².